The number of ether oxygens (including phenoxy) is 1. The van der Waals surface area contributed by atoms with Crippen LogP contribution in [-0.4, -0.2) is 42.6 Å². The van der Waals surface area contributed by atoms with E-state index in [1.807, 2.05) is 13.0 Å². The van der Waals surface area contributed by atoms with E-state index in [-0.39, 0.29) is 5.97 Å². The van der Waals surface area contributed by atoms with E-state index in [9.17, 15) is 4.79 Å². The number of hydrogen-bond acceptors (Lipinski definition) is 5. The number of rotatable bonds is 4. The molecule has 3 N–H and O–H groups in total. The fourth-order valence-corrected chi connectivity index (χ4v) is 3.55. The third-order valence-corrected chi connectivity index (χ3v) is 4.53. The highest BCUT2D eigenvalue weighted by atomic mass is 16.5. The molecule has 2 aliphatic heterocycles. The van der Waals surface area contributed by atoms with E-state index in [0.29, 0.717) is 29.9 Å². The van der Waals surface area contributed by atoms with Gasteiger partial charge in [0.25, 0.3) is 0 Å². The largest absolute Gasteiger partial charge is 0.462 e. The number of benzene rings is 1. The number of nitrogens with zero attached hydrogens (tertiary/aromatic N) is 1. The summed E-state index contributed by atoms with van der Waals surface area (Å²) in [5.74, 6) is -0.312. The van der Waals surface area contributed by atoms with Gasteiger partial charge in [-0.15, -0.1) is 0 Å². The van der Waals surface area contributed by atoms with Gasteiger partial charge in [-0.1, -0.05) is 6.07 Å². The SMILES string of the molecule is CCOC(=O)c1cccc(N)c1NC1CCN2CCCC12. The van der Waals surface area contributed by atoms with Gasteiger partial charge in [0.05, 0.1) is 23.5 Å². The number of para-hydroxylation sites is 1. The van der Waals surface area contributed by atoms with Crippen molar-refractivity contribution in [3.05, 3.63) is 23.8 Å². The van der Waals surface area contributed by atoms with Crippen LogP contribution in [0.4, 0.5) is 11.4 Å². The summed E-state index contributed by atoms with van der Waals surface area (Å²) in [5, 5.41) is 3.52. The van der Waals surface area contributed by atoms with Gasteiger partial charge in [0.1, 0.15) is 0 Å². The summed E-state index contributed by atoms with van der Waals surface area (Å²) in [6.07, 6.45) is 3.58. The molecule has 0 bridgehead atoms. The molecule has 2 heterocycles. The molecule has 0 saturated carbocycles. The summed E-state index contributed by atoms with van der Waals surface area (Å²) < 4.78 is 5.13. The number of nitrogen functional groups attached to an aromatic ring is 1. The second-order valence-electron chi connectivity index (χ2n) is 5.78. The standard InChI is InChI=1S/C16H23N3O2/c1-2-21-16(20)11-5-3-6-12(17)15(11)18-13-8-10-19-9-4-7-14(13)19/h3,5-6,13-14,18H,2,4,7-10,17H2,1H3. The Balaban J connectivity index is 1.82. The first-order chi connectivity index (χ1) is 10.2. The average Bonchev–Trinajstić information content (AvgIpc) is 3.06. The van der Waals surface area contributed by atoms with Crippen LogP contribution in [0.5, 0.6) is 0 Å². The maximum Gasteiger partial charge on any atom is 0.340 e. The molecule has 114 valence electrons. The average molecular weight is 289 g/mol. The fourth-order valence-electron chi connectivity index (χ4n) is 3.55. The second-order valence-corrected chi connectivity index (χ2v) is 5.78. The van der Waals surface area contributed by atoms with Crippen LogP contribution in [0.1, 0.15) is 36.5 Å². The molecule has 0 spiro atoms. The van der Waals surface area contributed by atoms with E-state index in [2.05, 4.69) is 10.2 Å². The molecule has 1 aromatic rings. The highest BCUT2D eigenvalue weighted by Crippen LogP contribution is 2.33. The van der Waals surface area contributed by atoms with Crippen molar-refractivity contribution in [2.24, 2.45) is 0 Å². The molecule has 21 heavy (non-hydrogen) atoms. The van der Waals surface area contributed by atoms with E-state index in [1.165, 1.54) is 19.4 Å². The molecule has 5 heteroatoms. The third-order valence-electron chi connectivity index (χ3n) is 4.53. The number of hydrogen-bond donors (Lipinski definition) is 2. The molecule has 1 aromatic carbocycles. The Hall–Kier alpha value is -1.75. The summed E-state index contributed by atoms with van der Waals surface area (Å²) in [7, 11) is 0. The molecule has 0 aromatic heterocycles. The zero-order chi connectivity index (χ0) is 14.8. The first kappa shape index (κ1) is 14.2. The van der Waals surface area contributed by atoms with Gasteiger partial charge in [-0.2, -0.15) is 0 Å². The van der Waals surface area contributed by atoms with E-state index in [0.717, 1.165) is 18.7 Å². The van der Waals surface area contributed by atoms with Gasteiger partial charge in [0.2, 0.25) is 0 Å². The summed E-state index contributed by atoms with van der Waals surface area (Å²) in [6.45, 7) is 4.50. The lowest BCUT2D eigenvalue weighted by Crippen LogP contribution is -2.34. The minimum atomic E-state index is -0.312. The van der Waals surface area contributed by atoms with Crippen molar-refractivity contribution in [1.29, 1.82) is 0 Å². The second kappa shape index (κ2) is 5.93. The Kier molecular flexibility index (Phi) is 4.01. The summed E-state index contributed by atoms with van der Waals surface area (Å²) in [6, 6.07) is 6.33. The summed E-state index contributed by atoms with van der Waals surface area (Å²) >= 11 is 0. The van der Waals surface area contributed by atoms with Crippen LogP contribution in [0, 0.1) is 0 Å². The minimum Gasteiger partial charge on any atom is -0.462 e. The van der Waals surface area contributed by atoms with Crippen LogP contribution in [-0.2, 0) is 4.74 Å². The van der Waals surface area contributed by atoms with E-state index in [1.54, 1.807) is 12.1 Å². The highest BCUT2D eigenvalue weighted by molar-refractivity contribution is 5.98. The van der Waals surface area contributed by atoms with Crippen molar-refractivity contribution in [2.75, 3.05) is 30.7 Å². The Morgan fingerprint density at radius 1 is 1.43 bits per heavy atom. The zero-order valence-electron chi connectivity index (χ0n) is 12.5. The van der Waals surface area contributed by atoms with Crippen molar-refractivity contribution in [1.82, 2.24) is 4.90 Å². The lowest BCUT2D eigenvalue weighted by atomic mass is 10.0. The quantitative estimate of drug-likeness (QED) is 0.656. The van der Waals surface area contributed by atoms with Gasteiger partial charge in [-0.25, -0.2) is 4.79 Å². The van der Waals surface area contributed by atoms with Crippen molar-refractivity contribution in [3.63, 3.8) is 0 Å². The number of anilines is 2. The number of carbonyl (C=O) groups is 1. The van der Waals surface area contributed by atoms with Gasteiger partial charge >= 0.3 is 5.97 Å². The fraction of sp³-hybridized carbons (Fsp3) is 0.562. The maximum atomic E-state index is 12.1. The predicted molar refractivity (Wildman–Crippen MR) is 83.4 cm³/mol. The van der Waals surface area contributed by atoms with E-state index >= 15 is 0 Å². The van der Waals surface area contributed by atoms with Crippen molar-refractivity contribution >= 4 is 17.3 Å². The monoisotopic (exact) mass is 289 g/mol. The number of carbonyl (C=O) groups excluding carboxylic acids is 1. The Labute approximate surface area is 125 Å². The lowest BCUT2D eigenvalue weighted by molar-refractivity contribution is 0.0527. The molecule has 0 amide bonds. The highest BCUT2D eigenvalue weighted by Gasteiger charge is 2.37. The predicted octanol–water partition coefficient (Wildman–Crippen LogP) is 2.09. The van der Waals surface area contributed by atoms with Gasteiger partial charge in [0, 0.05) is 18.6 Å². The first-order valence-electron chi connectivity index (χ1n) is 7.77. The van der Waals surface area contributed by atoms with Gasteiger partial charge in [-0.3, -0.25) is 4.90 Å². The van der Waals surface area contributed by atoms with Crippen LogP contribution < -0.4 is 11.1 Å². The number of nitrogens with two attached hydrogens (primary N) is 1. The summed E-state index contributed by atoms with van der Waals surface area (Å²) in [5.41, 5.74) is 7.96. The maximum absolute atomic E-state index is 12.1. The Morgan fingerprint density at radius 2 is 2.29 bits per heavy atom. The van der Waals surface area contributed by atoms with Crippen molar-refractivity contribution < 1.29 is 9.53 Å². The molecule has 2 atom stereocenters. The third kappa shape index (κ3) is 2.70. The van der Waals surface area contributed by atoms with Crippen LogP contribution in [0.2, 0.25) is 0 Å². The van der Waals surface area contributed by atoms with E-state index < -0.39 is 0 Å². The van der Waals surface area contributed by atoms with Crippen LogP contribution >= 0.6 is 0 Å². The van der Waals surface area contributed by atoms with Crippen LogP contribution in [0.15, 0.2) is 18.2 Å². The molecule has 2 aliphatic rings. The lowest BCUT2D eigenvalue weighted by Gasteiger charge is -2.24. The molecule has 2 saturated heterocycles. The Bertz CT molecular complexity index is 532. The zero-order valence-corrected chi connectivity index (χ0v) is 12.5. The van der Waals surface area contributed by atoms with Gasteiger partial charge < -0.3 is 15.8 Å². The minimum absolute atomic E-state index is 0.312. The number of esters is 1. The topological polar surface area (TPSA) is 67.6 Å². The van der Waals surface area contributed by atoms with E-state index in [4.69, 9.17) is 10.5 Å². The van der Waals surface area contributed by atoms with Gasteiger partial charge in [-0.05, 0) is 44.9 Å². The van der Waals surface area contributed by atoms with Crippen LogP contribution in [0.25, 0.3) is 0 Å². The number of fused-ring (bicyclic) bond motifs is 1. The van der Waals surface area contributed by atoms with Crippen LogP contribution in [0.3, 0.4) is 0 Å². The molecule has 0 radical (unpaired) electrons. The molecular formula is C16H23N3O2. The molecule has 5 nitrogen and oxygen atoms in total. The molecule has 3 rings (SSSR count). The Morgan fingerprint density at radius 3 is 3.10 bits per heavy atom. The smallest absolute Gasteiger partial charge is 0.340 e. The van der Waals surface area contributed by atoms with Gasteiger partial charge in [0.15, 0.2) is 0 Å². The summed E-state index contributed by atoms with van der Waals surface area (Å²) in [4.78, 5) is 14.6. The number of nitrogens with one attached hydrogen (secondary N) is 1. The normalized spacial score (nSPS) is 24.8. The first-order valence-corrected chi connectivity index (χ1v) is 7.77. The molecule has 0 aliphatic carbocycles. The molecule has 2 fully saturated rings. The molecule has 2 unspecified atom stereocenters. The van der Waals surface area contributed by atoms with Crippen molar-refractivity contribution in [2.45, 2.75) is 38.3 Å². The van der Waals surface area contributed by atoms with Crippen molar-refractivity contribution in [3.8, 4) is 0 Å². The molecular weight excluding hydrogens is 266 g/mol.